The van der Waals surface area contributed by atoms with Gasteiger partial charge < -0.3 is 10.6 Å². The highest BCUT2D eigenvalue weighted by molar-refractivity contribution is 9.10. The van der Waals surface area contributed by atoms with Crippen molar-refractivity contribution >= 4 is 39.0 Å². The van der Waals surface area contributed by atoms with Crippen LogP contribution in [0.15, 0.2) is 28.7 Å². The van der Waals surface area contributed by atoms with Crippen molar-refractivity contribution in [1.82, 2.24) is 4.90 Å². The summed E-state index contributed by atoms with van der Waals surface area (Å²) in [6, 6.07) is 7.98. The Morgan fingerprint density at radius 2 is 1.90 bits per heavy atom. The van der Waals surface area contributed by atoms with E-state index in [1.54, 1.807) is 4.90 Å². The summed E-state index contributed by atoms with van der Waals surface area (Å²) in [7, 11) is 1.82. The summed E-state index contributed by atoms with van der Waals surface area (Å²) in [6.07, 6.45) is 3.61. The highest BCUT2D eigenvalue weighted by Crippen LogP contribution is 2.40. The Morgan fingerprint density at radius 3 is 2.40 bits per heavy atom. The third kappa shape index (κ3) is 3.04. The molecule has 108 valence electrons. The molecule has 2 N–H and O–H groups in total. The quantitative estimate of drug-likeness (QED) is 0.844. The number of thiocarbonyl (C=S) groups is 1. The van der Waals surface area contributed by atoms with Gasteiger partial charge >= 0.3 is 0 Å². The molecule has 0 saturated heterocycles. The minimum Gasteiger partial charge on any atom is -0.392 e. The molecule has 0 bridgehead atoms. The first-order valence-electron chi connectivity index (χ1n) is 6.75. The molecule has 0 atom stereocenters. The molecule has 1 aliphatic rings. The summed E-state index contributed by atoms with van der Waals surface area (Å²) in [6.45, 7) is 0.580. The van der Waals surface area contributed by atoms with Gasteiger partial charge in [0.1, 0.15) is 0 Å². The lowest BCUT2D eigenvalue weighted by Gasteiger charge is -2.31. The molecule has 5 heteroatoms. The number of amides is 1. The fraction of sp³-hybridized carbons (Fsp3) is 0.467. The van der Waals surface area contributed by atoms with Crippen LogP contribution in [-0.2, 0) is 11.3 Å². The Bertz CT molecular complexity index is 509. The molecule has 1 saturated carbocycles. The lowest BCUT2D eigenvalue weighted by atomic mass is 9.84. The van der Waals surface area contributed by atoms with Crippen LogP contribution in [0.1, 0.15) is 31.2 Å². The molecule has 0 heterocycles. The molecule has 1 aromatic carbocycles. The van der Waals surface area contributed by atoms with Crippen molar-refractivity contribution in [3.63, 3.8) is 0 Å². The van der Waals surface area contributed by atoms with Crippen LogP contribution in [-0.4, -0.2) is 22.8 Å². The molecule has 0 radical (unpaired) electrons. The average molecular weight is 355 g/mol. The van der Waals surface area contributed by atoms with Gasteiger partial charge in [0.2, 0.25) is 5.91 Å². The van der Waals surface area contributed by atoms with E-state index in [2.05, 4.69) is 15.9 Å². The topological polar surface area (TPSA) is 46.3 Å². The third-order valence-electron chi connectivity index (χ3n) is 4.02. The van der Waals surface area contributed by atoms with Crippen molar-refractivity contribution in [2.45, 2.75) is 32.2 Å². The number of hydrogen-bond acceptors (Lipinski definition) is 2. The van der Waals surface area contributed by atoms with Crippen molar-refractivity contribution < 1.29 is 4.79 Å². The minimum atomic E-state index is -0.612. The second-order valence-electron chi connectivity index (χ2n) is 5.44. The van der Waals surface area contributed by atoms with Gasteiger partial charge in [0.15, 0.2) is 0 Å². The highest BCUT2D eigenvalue weighted by atomic mass is 79.9. The van der Waals surface area contributed by atoms with E-state index in [4.69, 9.17) is 18.0 Å². The molecular formula is C15H19BrN2OS. The van der Waals surface area contributed by atoms with Gasteiger partial charge in [0.05, 0.1) is 10.4 Å². The van der Waals surface area contributed by atoms with Crippen LogP contribution in [0, 0.1) is 5.41 Å². The standard InChI is InChI=1S/C15H19BrN2OS/c1-18(10-11-4-6-12(16)7-5-11)14(19)15(13(17)20)8-2-3-9-15/h4-7H,2-3,8-10H2,1H3,(H2,17,20). The zero-order valence-electron chi connectivity index (χ0n) is 11.6. The van der Waals surface area contributed by atoms with Crippen LogP contribution in [0.3, 0.4) is 0 Å². The number of carbonyl (C=O) groups is 1. The van der Waals surface area contributed by atoms with Gasteiger partial charge in [-0.2, -0.15) is 0 Å². The molecule has 2 rings (SSSR count). The van der Waals surface area contributed by atoms with E-state index in [9.17, 15) is 4.79 Å². The zero-order chi connectivity index (χ0) is 14.8. The van der Waals surface area contributed by atoms with Gasteiger partial charge in [-0.05, 0) is 30.5 Å². The Balaban J connectivity index is 2.11. The van der Waals surface area contributed by atoms with E-state index in [1.807, 2.05) is 31.3 Å². The van der Waals surface area contributed by atoms with Gasteiger partial charge in [0, 0.05) is 18.1 Å². The minimum absolute atomic E-state index is 0.0606. The normalized spacial score (nSPS) is 16.9. The van der Waals surface area contributed by atoms with Crippen molar-refractivity contribution in [3.05, 3.63) is 34.3 Å². The van der Waals surface area contributed by atoms with E-state index >= 15 is 0 Å². The largest absolute Gasteiger partial charge is 0.392 e. The summed E-state index contributed by atoms with van der Waals surface area (Å²) in [4.78, 5) is 14.8. The maximum absolute atomic E-state index is 12.7. The molecule has 3 nitrogen and oxygen atoms in total. The van der Waals surface area contributed by atoms with Gasteiger partial charge in [0.25, 0.3) is 0 Å². The fourth-order valence-corrected chi connectivity index (χ4v) is 3.40. The summed E-state index contributed by atoms with van der Waals surface area (Å²) < 4.78 is 1.03. The van der Waals surface area contributed by atoms with Gasteiger partial charge in [-0.3, -0.25) is 4.79 Å². The van der Waals surface area contributed by atoms with Crippen LogP contribution < -0.4 is 5.73 Å². The smallest absolute Gasteiger partial charge is 0.235 e. The lowest BCUT2D eigenvalue weighted by molar-refractivity contribution is -0.137. The maximum atomic E-state index is 12.7. The van der Waals surface area contributed by atoms with Crippen LogP contribution in [0.2, 0.25) is 0 Å². The number of hydrogen-bond donors (Lipinski definition) is 1. The molecule has 1 aliphatic carbocycles. The van der Waals surface area contributed by atoms with Crippen molar-refractivity contribution in [1.29, 1.82) is 0 Å². The molecule has 0 aliphatic heterocycles. The van der Waals surface area contributed by atoms with Gasteiger partial charge in [-0.25, -0.2) is 0 Å². The average Bonchev–Trinajstić information content (AvgIpc) is 2.91. The lowest BCUT2D eigenvalue weighted by Crippen LogP contribution is -2.47. The summed E-state index contributed by atoms with van der Waals surface area (Å²) in [5.41, 5.74) is 6.35. The van der Waals surface area contributed by atoms with Crippen molar-refractivity contribution in [2.24, 2.45) is 11.1 Å². The Labute approximate surface area is 133 Å². The monoisotopic (exact) mass is 354 g/mol. The Hall–Kier alpha value is -0.940. The van der Waals surface area contributed by atoms with E-state index in [0.717, 1.165) is 35.7 Å². The first-order valence-corrected chi connectivity index (χ1v) is 7.96. The van der Waals surface area contributed by atoms with E-state index in [0.29, 0.717) is 11.5 Å². The Kier molecular flexibility index (Phi) is 4.81. The van der Waals surface area contributed by atoms with Crippen LogP contribution in [0.5, 0.6) is 0 Å². The second kappa shape index (κ2) is 6.22. The van der Waals surface area contributed by atoms with Crippen molar-refractivity contribution in [3.8, 4) is 0 Å². The Morgan fingerprint density at radius 1 is 1.35 bits per heavy atom. The number of benzene rings is 1. The molecule has 1 amide bonds. The first-order chi connectivity index (χ1) is 9.45. The number of halogens is 1. The highest BCUT2D eigenvalue weighted by Gasteiger charge is 2.45. The van der Waals surface area contributed by atoms with Gasteiger partial charge in [-0.1, -0.05) is 53.1 Å². The first kappa shape index (κ1) is 15.4. The van der Waals surface area contributed by atoms with Crippen molar-refractivity contribution in [2.75, 3.05) is 7.05 Å². The molecule has 1 fully saturated rings. The predicted octanol–water partition coefficient (Wildman–Crippen LogP) is 3.25. The van der Waals surface area contributed by atoms with E-state index in [-0.39, 0.29) is 5.91 Å². The molecule has 0 unspecified atom stereocenters. The summed E-state index contributed by atoms with van der Waals surface area (Å²) >= 11 is 8.58. The number of nitrogens with zero attached hydrogens (tertiary/aromatic N) is 1. The van der Waals surface area contributed by atoms with Crippen LogP contribution >= 0.6 is 28.1 Å². The maximum Gasteiger partial charge on any atom is 0.235 e. The molecular weight excluding hydrogens is 336 g/mol. The molecule has 1 aromatic rings. The SMILES string of the molecule is CN(Cc1ccc(Br)cc1)C(=O)C1(C(N)=S)CCCC1. The fourth-order valence-electron chi connectivity index (χ4n) is 2.85. The predicted molar refractivity (Wildman–Crippen MR) is 88.3 cm³/mol. The van der Waals surface area contributed by atoms with Gasteiger partial charge in [-0.15, -0.1) is 0 Å². The van der Waals surface area contributed by atoms with E-state index < -0.39 is 5.41 Å². The number of carbonyl (C=O) groups excluding carboxylic acids is 1. The zero-order valence-corrected chi connectivity index (χ0v) is 14.0. The number of rotatable bonds is 4. The number of nitrogens with two attached hydrogens (primary N) is 1. The molecule has 20 heavy (non-hydrogen) atoms. The van der Waals surface area contributed by atoms with Crippen LogP contribution in [0.4, 0.5) is 0 Å². The second-order valence-corrected chi connectivity index (χ2v) is 6.80. The summed E-state index contributed by atoms with van der Waals surface area (Å²) in [5, 5.41) is 0. The third-order valence-corrected chi connectivity index (χ3v) is 4.94. The van der Waals surface area contributed by atoms with Crippen LogP contribution in [0.25, 0.3) is 0 Å². The molecule has 0 spiro atoms. The van der Waals surface area contributed by atoms with E-state index in [1.165, 1.54) is 0 Å². The molecule has 0 aromatic heterocycles. The summed E-state index contributed by atoms with van der Waals surface area (Å²) in [5.74, 6) is 0.0606.